The Morgan fingerprint density at radius 2 is 1.62 bits per heavy atom. The minimum Gasteiger partial charge on any atom is -0.353 e. The molecule has 3 amide bonds. The fourth-order valence-electron chi connectivity index (χ4n) is 6.27. The van der Waals surface area contributed by atoms with Crippen LogP contribution < -0.4 is 21.7 Å². The zero-order valence-corrected chi connectivity index (χ0v) is 23.8. The number of hydrogen-bond donors (Lipinski definition) is 4. The molecule has 2 aliphatic carbocycles. The van der Waals surface area contributed by atoms with Crippen LogP contribution in [-0.4, -0.2) is 46.8 Å². The van der Waals surface area contributed by atoms with Crippen LogP contribution in [0.3, 0.4) is 0 Å². The molecule has 1 aliphatic heterocycles. The van der Waals surface area contributed by atoms with E-state index in [-0.39, 0.29) is 29.8 Å². The summed E-state index contributed by atoms with van der Waals surface area (Å²) in [7, 11) is 0. The Bertz CT molecular complexity index is 1230. The van der Waals surface area contributed by atoms with Crippen molar-refractivity contribution in [2.75, 3.05) is 5.75 Å². The first-order chi connectivity index (χ1) is 19.5. The second-order valence-corrected chi connectivity index (χ2v) is 12.6. The summed E-state index contributed by atoms with van der Waals surface area (Å²) >= 11 is 1.89. The predicted octanol–water partition coefficient (Wildman–Crippen LogP) is 5.13. The Kier molecular flexibility index (Phi) is 9.60. The largest absolute Gasteiger partial charge is 0.353 e. The molecule has 0 bridgehead atoms. The highest BCUT2D eigenvalue weighted by molar-refractivity contribution is 8.00. The standard InChI is InChI=1S/C32H40N4O3S/c33-32(39)36-24-19-25(40-20-24)10-4-7-13-29(37)34-22-14-16-23(17-15-22)35-30-26-11-5-6-12-27(26)31(38)28(30)18-21-8-2-1-3-9-21/h1-3,5-6,8-9,11-12,18,22-25,30,35H,4,7,10,13-17,19-20H2,(H,34,37)(H3,33,36,39)/b28-18+/t22-,23-,24-,25+,30?/m1/s1. The summed E-state index contributed by atoms with van der Waals surface area (Å²) in [4.78, 5) is 36.9. The van der Waals surface area contributed by atoms with Gasteiger partial charge >= 0.3 is 6.03 Å². The Morgan fingerprint density at radius 1 is 0.900 bits per heavy atom. The molecule has 2 aromatic rings. The van der Waals surface area contributed by atoms with Gasteiger partial charge in [0.2, 0.25) is 5.91 Å². The number of ketones is 1. The van der Waals surface area contributed by atoms with Gasteiger partial charge in [-0.15, -0.1) is 0 Å². The van der Waals surface area contributed by atoms with Crippen molar-refractivity contribution in [2.45, 2.75) is 87.2 Å². The number of nitrogens with one attached hydrogen (secondary N) is 3. The highest BCUT2D eigenvalue weighted by Crippen LogP contribution is 2.38. The number of amides is 3. The van der Waals surface area contributed by atoms with E-state index in [0.717, 1.165) is 79.4 Å². The van der Waals surface area contributed by atoms with Gasteiger partial charge in [0, 0.05) is 46.7 Å². The van der Waals surface area contributed by atoms with Crippen LogP contribution in [0.1, 0.15) is 85.3 Å². The normalized spacial score (nSPS) is 26.9. The molecular formula is C32H40N4O3S. The smallest absolute Gasteiger partial charge is 0.312 e. The molecule has 2 aromatic carbocycles. The molecule has 3 aliphatic rings. The van der Waals surface area contributed by atoms with Gasteiger partial charge in [-0.2, -0.15) is 11.8 Å². The average Bonchev–Trinajstić information content (AvgIpc) is 3.50. The van der Waals surface area contributed by atoms with E-state index in [1.807, 2.05) is 66.4 Å². The number of unbranched alkanes of at least 4 members (excludes halogenated alkanes) is 1. The van der Waals surface area contributed by atoms with Gasteiger partial charge in [0.05, 0.1) is 6.04 Å². The Morgan fingerprint density at radius 3 is 2.40 bits per heavy atom. The lowest BCUT2D eigenvalue weighted by molar-refractivity contribution is -0.122. The van der Waals surface area contributed by atoms with Crippen molar-refractivity contribution in [3.8, 4) is 0 Å². The number of benzene rings is 2. The van der Waals surface area contributed by atoms with Crippen LogP contribution in [-0.2, 0) is 4.79 Å². The molecule has 40 heavy (non-hydrogen) atoms. The average molecular weight is 561 g/mol. The van der Waals surface area contributed by atoms with E-state index in [9.17, 15) is 14.4 Å². The Balaban J connectivity index is 1.06. The van der Waals surface area contributed by atoms with Gasteiger partial charge in [-0.05, 0) is 62.1 Å². The molecule has 212 valence electrons. The number of thioether (sulfide) groups is 1. The minimum atomic E-state index is -0.448. The third-order valence-electron chi connectivity index (χ3n) is 8.31. The topological polar surface area (TPSA) is 113 Å². The minimum absolute atomic E-state index is 0.103. The lowest BCUT2D eigenvalue weighted by Crippen LogP contribution is -2.43. The molecule has 8 heteroatoms. The van der Waals surface area contributed by atoms with Gasteiger partial charge in [-0.3, -0.25) is 9.59 Å². The Hall–Kier alpha value is -3.10. The van der Waals surface area contributed by atoms with E-state index < -0.39 is 6.03 Å². The van der Waals surface area contributed by atoms with Crippen LogP contribution in [0.15, 0.2) is 60.2 Å². The van der Waals surface area contributed by atoms with Crippen molar-refractivity contribution in [1.82, 2.24) is 16.0 Å². The third kappa shape index (κ3) is 7.34. The van der Waals surface area contributed by atoms with Crippen molar-refractivity contribution >= 4 is 35.6 Å². The summed E-state index contributed by atoms with van der Waals surface area (Å²) in [6, 6.07) is 18.1. The maximum absolute atomic E-state index is 13.3. The number of carbonyl (C=O) groups excluding carboxylic acids is 3. The van der Waals surface area contributed by atoms with E-state index in [0.29, 0.717) is 17.7 Å². The molecule has 1 saturated heterocycles. The molecule has 1 unspecified atom stereocenters. The number of carbonyl (C=O) groups is 3. The second-order valence-electron chi connectivity index (χ2n) is 11.3. The molecule has 2 fully saturated rings. The summed E-state index contributed by atoms with van der Waals surface area (Å²) in [5.74, 6) is 1.17. The maximum atomic E-state index is 13.3. The number of urea groups is 1. The van der Waals surface area contributed by atoms with E-state index in [1.54, 1.807) is 0 Å². The summed E-state index contributed by atoms with van der Waals surface area (Å²) < 4.78 is 0. The van der Waals surface area contributed by atoms with Gasteiger partial charge in [0.25, 0.3) is 0 Å². The number of nitrogens with two attached hydrogens (primary N) is 1. The van der Waals surface area contributed by atoms with E-state index >= 15 is 0 Å². The molecule has 0 radical (unpaired) electrons. The van der Waals surface area contributed by atoms with E-state index in [1.165, 1.54) is 0 Å². The van der Waals surface area contributed by atoms with Gasteiger partial charge in [0.1, 0.15) is 0 Å². The summed E-state index contributed by atoms with van der Waals surface area (Å²) in [5, 5.41) is 10.4. The van der Waals surface area contributed by atoms with Crippen LogP contribution in [0.25, 0.3) is 6.08 Å². The molecule has 5 rings (SSSR count). The summed E-state index contributed by atoms with van der Waals surface area (Å²) in [5.41, 5.74) is 8.91. The number of fused-ring (bicyclic) bond motifs is 1. The first kappa shape index (κ1) is 28.4. The van der Waals surface area contributed by atoms with Crippen molar-refractivity contribution in [3.63, 3.8) is 0 Å². The fourth-order valence-corrected chi connectivity index (χ4v) is 7.70. The molecule has 1 saturated carbocycles. The van der Waals surface area contributed by atoms with Gasteiger partial charge in [-0.1, -0.05) is 61.0 Å². The lowest BCUT2D eigenvalue weighted by Gasteiger charge is -2.32. The van der Waals surface area contributed by atoms with Crippen LogP contribution in [0.5, 0.6) is 0 Å². The lowest BCUT2D eigenvalue weighted by atomic mass is 9.89. The SMILES string of the molecule is NC(=O)N[C@H]1CS[C@@H](CCCCC(=O)N[C@H]2CC[C@H](NC3/C(=C\c4ccccc4)C(=O)c4ccccc43)CC2)C1. The number of Topliss-reactive ketones (excluding diaryl/α,β-unsaturated/α-hetero) is 1. The van der Waals surface area contributed by atoms with Crippen LogP contribution in [0.2, 0.25) is 0 Å². The number of primary amides is 1. The van der Waals surface area contributed by atoms with Gasteiger partial charge in [0.15, 0.2) is 5.78 Å². The second kappa shape index (κ2) is 13.5. The predicted molar refractivity (Wildman–Crippen MR) is 161 cm³/mol. The molecule has 0 aromatic heterocycles. The number of hydrogen-bond acceptors (Lipinski definition) is 5. The fraction of sp³-hybridized carbons (Fsp3) is 0.469. The van der Waals surface area contributed by atoms with Crippen LogP contribution in [0.4, 0.5) is 4.79 Å². The highest BCUT2D eigenvalue weighted by Gasteiger charge is 2.36. The van der Waals surface area contributed by atoms with Crippen molar-refractivity contribution < 1.29 is 14.4 Å². The highest BCUT2D eigenvalue weighted by atomic mass is 32.2. The van der Waals surface area contributed by atoms with Crippen LogP contribution in [0, 0.1) is 0 Å². The summed E-state index contributed by atoms with van der Waals surface area (Å²) in [6.45, 7) is 0. The molecule has 0 spiro atoms. The zero-order chi connectivity index (χ0) is 27.9. The van der Waals surface area contributed by atoms with Crippen LogP contribution >= 0.6 is 11.8 Å². The van der Waals surface area contributed by atoms with Gasteiger partial charge < -0.3 is 21.7 Å². The third-order valence-corrected chi connectivity index (χ3v) is 9.81. The van der Waals surface area contributed by atoms with Crippen molar-refractivity contribution in [2.24, 2.45) is 5.73 Å². The molecule has 3 atom stereocenters. The first-order valence-corrected chi connectivity index (χ1v) is 15.6. The van der Waals surface area contributed by atoms with Crippen molar-refractivity contribution in [3.05, 3.63) is 76.9 Å². The summed E-state index contributed by atoms with van der Waals surface area (Å²) in [6.07, 6.45) is 10.3. The van der Waals surface area contributed by atoms with E-state index in [4.69, 9.17) is 5.73 Å². The van der Waals surface area contributed by atoms with Gasteiger partial charge in [-0.25, -0.2) is 4.79 Å². The van der Waals surface area contributed by atoms with E-state index in [2.05, 4.69) is 22.0 Å². The molecule has 5 N–H and O–H groups in total. The Labute approximate surface area is 241 Å². The monoisotopic (exact) mass is 560 g/mol. The molecular weight excluding hydrogens is 520 g/mol. The molecule has 1 heterocycles. The first-order valence-electron chi connectivity index (χ1n) is 14.6. The zero-order valence-electron chi connectivity index (χ0n) is 22.9. The quantitative estimate of drug-likeness (QED) is 0.238. The maximum Gasteiger partial charge on any atom is 0.312 e. The number of rotatable bonds is 10. The molecule has 7 nitrogen and oxygen atoms in total. The van der Waals surface area contributed by atoms with Crippen molar-refractivity contribution in [1.29, 1.82) is 0 Å².